The normalized spacial score (nSPS) is 10.7. The van der Waals surface area contributed by atoms with Crippen molar-refractivity contribution in [3.8, 4) is 22.8 Å². The molecule has 0 aliphatic rings. The number of hydrogen-bond donors (Lipinski definition) is 5. The molecule has 3 heterocycles. The van der Waals surface area contributed by atoms with Crippen molar-refractivity contribution >= 4 is 29.7 Å². The summed E-state index contributed by atoms with van der Waals surface area (Å²) in [6.07, 6.45) is 0. The van der Waals surface area contributed by atoms with E-state index in [4.69, 9.17) is 0 Å². The highest BCUT2D eigenvalue weighted by Crippen LogP contribution is 2.20. The van der Waals surface area contributed by atoms with E-state index < -0.39 is 0 Å². The van der Waals surface area contributed by atoms with Crippen LogP contribution in [-0.2, 0) is 0 Å². The molecule has 0 bridgehead atoms. The summed E-state index contributed by atoms with van der Waals surface area (Å²) in [4.78, 5) is 21.8. The van der Waals surface area contributed by atoms with E-state index in [-0.39, 0.29) is 11.9 Å². The summed E-state index contributed by atoms with van der Waals surface area (Å²) in [5, 5.41) is 23.0. The van der Waals surface area contributed by atoms with Crippen LogP contribution >= 0.6 is 0 Å². The third kappa shape index (κ3) is 4.18. The first kappa shape index (κ1) is 19.1. The van der Waals surface area contributed by atoms with Crippen LogP contribution in [0.15, 0.2) is 60.7 Å². The molecule has 0 aliphatic heterocycles. The molecular formula is C20H18N12. The topological polar surface area (TPSA) is 158 Å². The second-order valence-corrected chi connectivity index (χ2v) is 6.55. The zero-order valence-electron chi connectivity index (χ0n) is 16.9. The maximum absolute atomic E-state index is 4.43. The third-order valence-corrected chi connectivity index (χ3v) is 4.36. The fourth-order valence-electron chi connectivity index (χ4n) is 2.88. The molecule has 5 aromatic rings. The van der Waals surface area contributed by atoms with Crippen LogP contribution in [0.4, 0.5) is 29.7 Å². The van der Waals surface area contributed by atoms with E-state index in [1.807, 2.05) is 60.7 Å². The summed E-state index contributed by atoms with van der Waals surface area (Å²) in [5.74, 6) is 2.79. The minimum atomic E-state index is 0.258. The predicted octanol–water partition coefficient (Wildman–Crippen LogP) is 2.97. The average molecular weight is 426 g/mol. The summed E-state index contributed by atoms with van der Waals surface area (Å²) in [5.41, 5.74) is 1.81. The first-order valence-electron chi connectivity index (χ1n) is 9.70. The molecule has 0 amide bonds. The standard InChI is InChI=1S/C20H18N12/c1-21-16-24-17(27-19-22-14(29-31-19)12-8-4-2-5-9-12)26-18(25-16)28-20-23-15(30-32-20)13-10-6-3-7-11-13/h2-11H,1H3,(H5,21,22,23,24,25,26,27,28,29,30,31,32). The maximum atomic E-state index is 4.43. The second kappa shape index (κ2) is 8.47. The van der Waals surface area contributed by atoms with Gasteiger partial charge < -0.3 is 5.32 Å². The SMILES string of the molecule is CNc1nc(Nc2n[nH]c(-c3ccccc3)n2)nc(Nc2nc(-c3ccccc3)n[nH]2)n1. The Morgan fingerprint density at radius 1 is 0.594 bits per heavy atom. The number of nitrogens with one attached hydrogen (secondary N) is 5. The lowest BCUT2D eigenvalue weighted by Gasteiger charge is -2.06. The molecule has 158 valence electrons. The Kier molecular flexibility index (Phi) is 5.06. The van der Waals surface area contributed by atoms with Crippen molar-refractivity contribution in [2.45, 2.75) is 0 Å². The van der Waals surface area contributed by atoms with Gasteiger partial charge in [-0.25, -0.2) is 5.10 Å². The molecule has 0 saturated carbocycles. The number of hydrogen-bond acceptors (Lipinski definition) is 10. The van der Waals surface area contributed by atoms with E-state index in [0.29, 0.717) is 29.5 Å². The summed E-state index contributed by atoms with van der Waals surface area (Å²) in [6.45, 7) is 0. The number of aromatic amines is 2. The van der Waals surface area contributed by atoms with Crippen LogP contribution in [0.2, 0.25) is 0 Å². The maximum Gasteiger partial charge on any atom is 0.249 e. The number of nitrogens with zero attached hydrogens (tertiary/aromatic N) is 7. The van der Waals surface area contributed by atoms with Crippen molar-refractivity contribution in [2.24, 2.45) is 0 Å². The Bertz CT molecular complexity index is 1210. The monoisotopic (exact) mass is 426 g/mol. The molecule has 5 N–H and O–H groups in total. The van der Waals surface area contributed by atoms with Gasteiger partial charge in [0.15, 0.2) is 11.6 Å². The van der Waals surface area contributed by atoms with E-state index in [1.54, 1.807) is 7.05 Å². The number of rotatable bonds is 7. The van der Waals surface area contributed by atoms with Crippen molar-refractivity contribution < 1.29 is 0 Å². The fraction of sp³-hybridized carbons (Fsp3) is 0.0500. The van der Waals surface area contributed by atoms with Gasteiger partial charge in [0.05, 0.1) is 0 Å². The largest absolute Gasteiger partial charge is 0.357 e. The van der Waals surface area contributed by atoms with E-state index in [2.05, 4.69) is 61.3 Å². The van der Waals surface area contributed by atoms with Crippen LogP contribution in [0.1, 0.15) is 0 Å². The molecular weight excluding hydrogens is 408 g/mol. The molecule has 32 heavy (non-hydrogen) atoms. The fourth-order valence-corrected chi connectivity index (χ4v) is 2.88. The second-order valence-electron chi connectivity index (χ2n) is 6.55. The van der Waals surface area contributed by atoms with Gasteiger partial charge in [-0.1, -0.05) is 60.7 Å². The molecule has 0 spiro atoms. The van der Waals surface area contributed by atoms with Crippen molar-refractivity contribution in [1.29, 1.82) is 0 Å². The molecule has 2 aromatic carbocycles. The van der Waals surface area contributed by atoms with Gasteiger partial charge in [0.2, 0.25) is 29.7 Å². The smallest absolute Gasteiger partial charge is 0.249 e. The zero-order valence-corrected chi connectivity index (χ0v) is 16.9. The van der Waals surface area contributed by atoms with Crippen LogP contribution in [0.5, 0.6) is 0 Å². The minimum absolute atomic E-state index is 0.258. The number of benzene rings is 2. The van der Waals surface area contributed by atoms with Gasteiger partial charge in [-0.15, -0.1) is 5.10 Å². The van der Waals surface area contributed by atoms with Crippen LogP contribution in [0, 0.1) is 0 Å². The van der Waals surface area contributed by atoms with Crippen LogP contribution in [-0.4, -0.2) is 52.4 Å². The quantitative estimate of drug-likeness (QED) is 0.262. The van der Waals surface area contributed by atoms with Crippen molar-refractivity contribution in [2.75, 3.05) is 23.0 Å². The highest BCUT2D eigenvalue weighted by Gasteiger charge is 2.12. The van der Waals surface area contributed by atoms with Crippen LogP contribution in [0.3, 0.4) is 0 Å². The lowest BCUT2D eigenvalue weighted by atomic mass is 10.2. The minimum Gasteiger partial charge on any atom is -0.357 e. The Morgan fingerprint density at radius 3 is 1.97 bits per heavy atom. The molecule has 0 atom stereocenters. The van der Waals surface area contributed by atoms with E-state index in [0.717, 1.165) is 11.1 Å². The van der Waals surface area contributed by atoms with Gasteiger partial charge in [0.25, 0.3) is 0 Å². The molecule has 0 saturated heterocycles. The lowest BCUT2D eigenvalue weighted by Crippen LogP contribution is -2.08. The summed E-state index contributed by atoms with van der Waals surface area (Å²) in [7, 11) is 1.71. The predicted molar refractivity (Wildman–Crippen MR) is 120 cm³/mol. The van der Waals surface area contributed by atoms with Gasteiger partial charge in [-0.3, -0.25) is 15.7 Å². The van der Waals surface area contributed by atoms with Gasteiger partial charge >= 0.3 is 0 Å². The molecule has 3 aromatic heterocycles. The molecule has 0 fully saturated rings. The van der Waals surface area contributed by atoms with Gasteiger partial charge in [0, 0.05) is 18.2 Å². The number of anilines is 5. The van der Waals surface area contributed by atoms with Gasteiger partial charge in [0.1, 0.15) is 0 Å². The average Bonchev–Trinajstić information content (AvgIpc) is 3.50. The number of H-pyrrole nitrogens is 2. The van der Waals surface area contributed by atoms with Gasteiger partial charge in [-0.05, 0) is 0 Å². The summed E-state index contributed by atoms with van der Waals surface area (Å²) < 4.78 is 0. The molecule has 12 heteroatoms. The van der Waals surface area contributed by atoms with Gasteiger partial charge in [-0.2, -0.15) is 30.0 Å². The highest BCUT2D eigenvalue weighted by molar-refractivity contribution is 5.59. The first-order valence-corrected chi connectivity index (χ1v) is 9.70. The number of aromatic nitrogens is 9. The van der Waals surface area contributed by atoms with E-state index >= 15 is 0 Å². The summed E-state index contributed by atoms with van der Waals surface area (Å²) in [6, 6.07) is 19.3. The van der Waals surface area contributed by atoms with Crippen molar-refractivity contribution in [3.05, 3.63) is 60.7 Å². The molecule has 0 unspecified atom stereocenters. The first-order chi connectivity index (χ1) is 15.8. The Morgan fingerprint density at radius 2 is 1.25 bits per heavy atom. The van der Waals surface area contributed by atoms with Crippen LogP contribution < -0.4 is 16.0 Å². The Hall–Kier alpha value is -4.87. The molecule has 0 aliphatic carbocycles. The molecule has 12 nitrogen and oxygen atoms in total. The molecule has 0 radical (unpaired) electrons. The lowest BCUT2D eigenvalue weighted by molar-refractivity contribution is 1.03. The van der Waals surface area contributed by atoms with E-state index in [1.165, 1.54) is 0 Å². The molecule has 5 rings (SSSR count). The van der Waals surface area contributed by atoms with Crippen LogP contribution in [0.25, 0.3) is 22.8 Å². The van der Waals surface area contributed by atoms with Crippen molar-refractivity contribution in [3.63, 3.8) is 0 Å². The summed E-state index contributed by atoms with van der Waals surface area (Å²) >= 11 is 0. The Balaban J connectivity index is 1.35. The Labute approximate surface area is 182 Å². The van der Waals surface area contributed by atoms with Crippen molar-refractivity contribution in [1.82, 2.24) is 45.3 Å². The van der Waals surface area contributed by atoms with E-state index in [9.17, 15) is 0 Å². The third-order valence-electron chi connectivity index (χ3n) is 4.36. The zero-order chi connectivity index (χ0) is 21.8. The highest BCUT2D eigenvalue weighted by atomic mass is 15.4.